The van der Waals surface area contributed by atoms with E-state index in [1.807, 2.05) is 0 Å². The molecular formula is C13H16BrFN2O3. The molecule has 0 bridgehead atoms. The van der Waals surface area contributed by atoms with Crippen molar-refractivity contribution in [2.45, 2.75) is 19.3 Å². The van der Waals surface area contributed by atoms with E-state index in [1.165, 1.54) is 12.1 Å². The maximum Gasteiger partial charge on any atom is 0.313 e. The maximum atomic E-state index is 13.5. The van der Waals surface area contributed by atoms with Crippen molar-refractivity contribution in [2.75, 3.05) is 18.5 Å². The van der Waals surface area contributed by atoms with Crippen molar-refractivity contribution in [3.05, 3.63) is 28.5 Å². The molecule has 20 heavy (non-hydrogen) atoms. The Kier molecular flexibility index (Phi) is 7.17. The summed E-state index contributed by atoms with van der Waals surface area (Å²) >= 11 is 3.10. The van der Waals surface area contributed by atoms with E-state index in [1.54, 1.807) is 6.07 Å². The summed E-state index contributed by atoms with van der Waals surface area (Å²) in [5.74, 6) is -2.34. The van der Waals surface area contributed by atoms with Crippen molar-refractivity contribution in [3.8, 4) is 0 Å². The van der Waals surface area contributed by atoms with Crippen LogP contribution in [-0.4, -0.2) is 30.1 Å². The fraction of sp³-hybridized carbons (Fsp3) is 0.385. The highest BCUT2D eigenvalue weighted by molar-refractivity contribution is 9.10. The van der Waals surface area contributed by atoms with Gasteiger partial charge in [0.25, 0.3) is 0 Å². The highest BCUT2D eigenvalue weighted by Crippen LogP contribution is 2.19. The van der Waals surface area contributed by atoms with Gasteiger partial charge in [-0.3, -0.25) is 9.59 Å². The zero-order valence-electron chi connectivity index (χ0n) is 10.8. The van der Waals surface area contributed by atoms with Gasteiger partial charge in [-0.15, -0.1) is 0 Å². The molecule has 0 heterocycles. The number of benzene rings is 1. The molecule has 0 spiro atoms. The van der Waals surface area contributed by atoms with Crippen LogP contribution in [0.15, 0.2) is 22.7 Å². The molecule has 0 atom stereocenters. The van der Waals surface area contributed by atoms with E-state index in [-0.39, 0.29) is 12.3 Å². The smallest absolute Gasteiger partial charge is 0.313 e. The standard InChI is InChI=1S/C13H16BrFN2O3/c14-9-4-5-11(10(15)8-9)17-13(20)12(19)16-6-2-1-3-7-18/h4-5,8,18H,1-3,6-7H2,(H,16,19)(H,17,20). The molecule has 0 saturated carbocycles. The van der Waals surface area contributed by atoms with Gasteiger partial charge in [0.2, 0.25) is 0 Å². The number of unbranched alkanes of at least 4 members (excludes halogenated alkanes) is 2. The highest BCUT2D eigenvalue weighted by Gasteiger charge is 2.14. The van der Waals surface area contributed by atoms with Crippen LogP contribution in [0.5, 0.6) is 0 Å². The molecule has 0 aliphatic rings. The topological polar surface area (TPSA) is 78.4 Å². The summed E-state index contributed by atoms with van der Waals surface area (Å²) in [5, 5.41) is 13.2. The number of carbonyl (C=O) groups is 2. The van der Waals surface area contributed by atoms with Crippen LogP contribution < -0.4 is 10.6 Å². The lowest BCUT2D eigenvalue weighted by atomic mass is 10.2. The van der Waals surface area contributed by atoms with Crippen molar-refractivity contribution >= 4 is 33.4 Å². The molecule has 0 aromatic heterocycles. The third-order valence-corrected chi connectivity index (χ3v) is 3.00. The van der Waals surface area contributed by atoms with E-state index < -0.39 is 17.6 Å². The van der Waals surface area contributed by atoms with Crippen LogP contribution in [0.25, 0.3) is 0 Å². The average molecular weight is 347 g/mol. The molecule has 2 amide bonds. The van der Waals surface area contributed by atoms with E-state index in [9.17, 15) is 14.0 Å². The lowest BCUT2D eigenvalue weighted by Crippen LogP contribution is -2.36. The van der Waals surface area contributed by atoms with E-state index in [0.29, 0.717) is 23.9 Å². The van der Waals surface area contributed by atoms with Crippen molar-refractivity contribution in [2.24, 2.45) is 0 Å². The van der Waals surface area contributed by atoms with E-state index in [0.717, 1.165) is 6.42 Å². The van der Waals surface area contributed by atoms with Gasteiger partial charge >= 0.3 is 11.8 Å². The van der Waals surface area contributed by atoms with E-state index in [4.69, 9.17) is 5.11 Å². The second-order valence-corrected chi connectivity index (χ2v) is 5.03. The summed E-state index contributed by atoms with van der Waals surface area (Å²) < 4.78 is 14.0. The molecule has 7 heteroatoms. The van der Waals surface area contributed by atoms with Crippen molar-refractivity contribution in [1.29, 1.82) is 0 Å². The number of amides is 2. The summed E-state index contributed by atoms with van der Waals surface area (Å²) in [5.41, 5.74) is -0.0476. The SMILES string of the molecule is O=C(NCCCCCO)C(=O)Nc1ccc(Br)cc1F. The maximum absolute atomic E-state index is 13.5. The summed E-state index contributed by atoms with van der Waals surface area (Å²) in [7, 11) is 0. The van der Waals surface area contributed by atoms with Crippen molar-refractivity contribution < 1.29 is 19.1 Å². The highest BCUT2D eigenvalue weighted by atomic mass is 79.9. The van der Waals surface area contributed by atoms with Crippen LogP contribution in [0.3, 0.4) is 0 Å². The number of hydrogen-bond donors (Lipinski definition) is 3. The van der Waals surface area contributed by atoms with Crippen molar-refractivity contribution in [1.82, 2.24) is 5.32 Å². The number of halogens is 2. The minimum absolute atomic E-state index is 0.0476. The van der Waals surface area contributed by atoms with Crippen LogP contribution in [0.4, 0.5) is 10.1 Å². The first-order valence-corrected chi connectivity index (χ1v) is 6.99. The lowest BCUT2D eigenvalue weighted by Gasteiger charge is -2.07. The number of rotatable bonds is 6. The van der Waals surface area contributed by atoms with Crippen LogP contribution in [0.1, 0.15) is 19.3 Å². The van der Waals surface area contributed by atoms with Crippen LogP contribution >= 0.6 is 15.9 Å². The molecule has 0 saturated heterocycles. The average Bonchev–Trinajstić information content (AvgIpc) is 2.41. The number of anilines is 1. The molecule has 0 aliphatic heterocycles. The Balaban J connectivity index is 2.39. The molecule has 5 nitrogen and oxygen atoms in total. The third kappa shape index (κ3) is 5.66. The Morgan fingerprint density at radius 3 is 2.60 bits per heavy atom. The third-order valence-electron chi connectivity index (χ3n) is 2.51. The number of hydrogen-bond acceptors (Lipinski definition) is 3. The minimum atomic E-state index is -0.909. The second kappa shape index (κ2) is 8.65. The normalized spacial score (nSPS) is 10.2. The monoisotopic (exact) mass is 346 g/mol. The quantitative estimate of drug-likeness (QED) is 0.543. The predicted octanol–water partition coefficient (Wildman–Crippen LogP) is 1.81. The number of carbonyl (C=O) groups excluding carboxylic acids is 2. The first-order valence-electron chi connectivity index (χ1n) is 6.19. The number of aliphatic hydroxyl groups excluding tert-OH is 1. The van der Waals surface area contributed by atoms with E-state index in [2.05, 4.69) is 26.6 Å². The van der Waals surface area contributed by atoms with Gasteiger partial charge < -0.3 is 15.7 Å². The van der Waals surface area contributed by atoms with E-state index >= 15 is 0 Å². The van der Waals surface area contributed by atoms with Crippen molar-refractivity contribution in [3.63, 3.8) is 0 Å². The number of nitrogens with one attached hydrogen (secondary N) is 2. The first kappa shape index (κ1) is 16.6. The molecule has 1 aromatic rings. The largest absolute Gasteiger partial charge is 0.396 e. The zero-order chi connectivity index (χ0) is 15.0. The molecule has 1 aromatic carbocycles. The summed E-state index contributed by atoms with van der Waals surface area (Å²) in [6, 6.07) is 4.12. The van der Waals surface area contributed by atoms with Crippen LogP contribution in [-0.2, 0) is 9.59 Å². The van der Waals surface area contributed by atoms with Gasteiger partial charge in [-0.25, -0.2) is 4.39 Å². The Labute approximate surface area is 124 Å². The fourth-order valence-electron chi connectivity index (χ4n) is 1.47. The molecular weight excluding hydrogens is 331 g/mol. The molecule has 3 N–H and O–H groups in total. The fourth-order valence-corrected chi connectivity index (χ4v) is 1.80. The molecule has 1 rings (SSSR count). The van der Waals surface area contributed by atoms with Gasteiger partial charge in [0.05, 0.1) is 5.69 Å². The Morgan fingerprint density at radius 1 is 1.20 bits per heavy atom. The van der Waals surface area contributed by atoms with Crippen LogP contribution in [0.2, 0.25) is 0 Å². The molecule has 0 fully saturated rings. The summed E-state index contributed by atoms with van der Waals surface area (Å²) in [4.78, 5) is 23.0. The summed E-state index contributed by atoms with van der Waals surface area (Å²) in [6.45, 7) is 0.451. The second-order valence-electron chi connectivity index (χ2n) is 4.12. The number of aliphatic hydroxyl groups is 1. The molecule has 0 unspecified atom stereocenters. The van der Waals surface area contributed by atoms with Gasteiger partial charge in [-0.1, -0.05) is 15.9 Å². The minimum Gasteiger partial charge on any atom is -0.396 e. The van der Waals surface area contributed by atoms with Gasteiger partial charge in [0.15, 0.2) is 0 Å². The summed E-state index contributed by atoms with van der Waals surface area (Å²) in [6.07, 6.45) is 2.10. The lowest BCUT2D eigenvalue weighted by molar-refractivity contribution is -0.136. The van der Waals surface area contributed by atoms with Gasteiger partial charge in [0.1, 0.15) is 5.82 Å². The molecule has 0 radical (unpaired) electrons. The van der Waals surface area contributed by atoms with Gasteiger partial charge in [-0.05, 0) is 37.5 Å². The zero-order valence-corrected chi connectivity index (χ0v) is 12.4. The van der Waals surface area contributed by atoms with Gasteiger partial charge in [0, 0.05) is 17.6 Å². The predicted molar refractivity (Wildman–Crippen MR) is 76.7 cm³/mol. The Morgan fingerprint density at radius 2 is 1.95 bits per heavy atom. The molecule has 110 valence electrons. The Hall–Kier alpha value is -1.47. The van der Waals surface area contributed by atoms with Gasteiger partial charge in [-0.2, -0.15) is 0 Å². The van der Waals surface area contributed by atoms with Crippen LogP contribution in [0, 0.1) is 5.82 Å². The molecule has 0 aliphatic carbocycles. The first-order chi connectivity index (χ1) is 9.54. The Bertz CT molecular complexity index is 483.